The van der Waals surface area contributed by atoms with Crippen LogP contribution in [0.2, 0.25) is 0 Å². The summed E-state index contributed by atoms with van der Waals surface area (Å²) in [5, 5.41) is 0. The Bertz CT molecular complexity index is 50.3. The van der Waals surface area contributed by atoms with Gasteiger partial charge < -0.3 is 0 Å². The van der Waals surface area contributed by atoms with Crippen molar-refractivity contribution in [1.29, 1.82) is 0 Å². The van der Waals surface area contributed by atoms with Crippen molar-refractivity contribution in [3.63, 3.8) is 0 Å². The minimum atomic E-state index is -4.00. The maximum atomic E-state index is 10.4. The van der Waals surface area contributed by atoms with Crippen LogP contribution >= 0.6 is 0 Å². The molecule has 9 heavy (non-hydrogen) atoms. The molecule has 0 aromatic carbocycles. The third kappa shape index (κ3) is 49800. The van der Waals surface area contributed by atoms with E-state index in [1.807, 2.05) is 0 Å². The fraction of sp³-hybridized carbons (Fsp3) is 0.500. The van der Waals surface area contributed by atoms with Crippen molar-refractivity contribution in [3.8, 4) is 0 Å². The van der Waals surface area contributed by atoms with Crippen LogP contribution in [0.3, 0.4) is 0 Å². The van der Waals surface area contributed by atoms with Gasteiger partial charge in [-0.05, 0) is 0 Å². The summed E-state index contributed by atoms with van der Waals surface area (Å²) in [6.45, 7) is 4.50. The van der Waals surface area contributed by atoms with Crippen LogP contribution in [0.15, 0.2) is 0 Å². The Balaban J connectivity index is -0.0000000771. The molecule has 2 radical (unpaired) electrons. The first-order chi connectivity index (χ1) is 4.00. The molecule has 0 atom stereocenters. The molecule has 48 valence electrons. The van der Waals surface area contributed by atoms with E-state index in [2.05, 4.69) is 19.3 Å². The van der Waals surface area contributed by atoms with Crippen molar-refractivity contribution in [3.05, 3.63) is 0 Å². The fourth-order valence-corrected chi connectivity index (χ4v) is 0. The van der Waals surface area contributed by atoms with Gasteiger partial charge in [-0.3, -0.25) is 4.79 Å². The Kier molecular flexibility index (Phi) is 19.5. The minimum absolute atomic E-state index is 0.188. The maximum absolute atomic E-state index is 10.4. The van der Waals surface area contributed by atoms with Crippen molar-refractivity contribution < 1.29 is 22.2 Å². The zero-order valence-electron chi connectivity index (χ0n) is 4.36. The Morgan fingerprint density at radius 3 is 1.22 bits per heavy atom. The number of halogens is 3. The molecule has 7 heteroatoms. The summed E-state index contributed by atoms with van der Waals surface area (Å²) < 4.78 is 38.9. The fourth-order valence-electron chi connectivity index (χ4n) is 0. The van der Waals surface area contributed by atoms with Crippen LogP contribution in [0.1, 0.15) is 0 Å². The molecule has 0 aliphatic carbocycles. The average Bonchev–Trinajstić information content (AvgIpc) is 1.72. The summed E-state index contributed by atoms with van der Waals surface area (Å²) in [5.74, 6) is 0. The second-order valence-electron chi connectivity index (χ2n) is 0.781. The molecular weight excluding hydrogens is 152 g/mol. The molecule has 0 amide bonds. The predicted molar refractivity (Wildman–Crippen MR) is 25.6 cm³/mol. The topological polar surface area (TPSA) is 34.1 Å². The van der Waals surface area contributed by atoms with Gasteiger partial charge in [-0.2, -0.15) is 4.21 Å². The molecule has 0 saturated heterocycles. The third-order valence-electron chi connectivity index (χ3n) is 0. The molecule has 2 nitrogen and oxygen atoms in total. The Hall–Kier alpha value is 0.0774. The van der Waals surface area contributed by atoms with E-state index in [0.29, 0.717) is 0 Å². The Morgan fingerprint density at radius 1 is 1.22 bits per heavy atom. The molecule has 0 aromatic heterocycles. The van der Waals surface area contributed by atoms with E-state index in [1.54, 1.807) is 0 Å². The van der Waals surface area contributed by atoms with E-state index in [4.69, 9.17) is 9.00 Å². The first-order valence-electron chi connectivity index (χ1n) is 1.44. The molecule has 0 aromatic rings. The van der Waals surface area contributed by atoms with Gasteiger partial charge in [0.2, 0.25) is 0 Å². The van der Waals surface area contributed by atoms with Crippen molar-refractivity contribution in [2.75, 3.05) is 0 Å². The van der Waals surface area contributed by atoms with E-state index in [1.165, 1.54) is 0 Å². The summed E-state index contributed by atoms with van der Waals surface area (Å²) in [5.41, 5.74) is 0. The van der Waals surface area contributed by atoms with Gasteiger partial charge in [0.15, 0.2) is 12.5 Å². The van der Waals surface area contributed by atoms with E-state index in [0.717, 1.165) is 0 Å². The van der Waals surface area contributed by atoms with E-state index < -0.39 is 4.85 Å². The van der Waals surface area contributed by atoms with Gasteiger partial charge in [-0.1, -0.05) is 0 Å². The van der Waals surface area contributed by atoms with Gasteiger partial charge in [0, 0.05) is 0 Å². The zero-order valence-corrected chi connectivity index (χ0v) is 5.18. The van der Waals surface area contributed by atoms with Crippen LogP contribution in [0, 0.1) is 0 Å². The van der Waals surface area contributed by atoms with E-state index in [-0.39, 0.29) is 17.7 Å². The normalized spacial score (nSPS) is 7.67. The van der Waals surface area contributed by atoms with Gasteiger partial charge in [-0.15, -0.1) is 0 Å². The first kappa shape index (κ1) is 16.0. The molecule has 0 aliphatic heterocycles. The van der Waals surface area contributed by atoms with Crippen molar-refractivity contribution in [2.24, 2.45) is 0 Å². The predicted octanol–water partition coefficient (Wildman–Crippen LogP) is -0.0587. The van der Waals surface area contributed by atoms with Gasteiger partial charge in [0.25, 0.3) is 6.79 Å². The van der Waals surface area contributed by atoms with E-state index >= 15 is 0 Å². The molecule has 0 fully saturated rings. The molecule has 0 aliphatic rings. The molecular formula is C2F3LiO2S. The van der Waals surface area contributed by atoms with Crippen LogP contribution < -0.4 is 0 Å². The average molecular weight is 152 g/mol. The molecule has 0 spiro atoms. The Morgan fingerprint density at radius 2 is 1.22 bits per heavy atom. The second kappa shape index (κ2) is 11.0. The van der Waals surface area contributed by atoms with Gasteiger partial charge in [-0.25, -0.2) is 0 Å². The summed E-state index contributed by atoms with van der Waals surface area (Å²) in [6, 6.07) is 0. The van der Waals surface area contributed by atoms with Crippen molar-refractivity contribution in [1.82, 2.24) is 0 Å². The van der Waals surface area contributed by atoms with Crippen LogP contribution in [0.25, 0.3) is 0 Å². The van der Waals surface area contributed by atoms with Crippen LogP contribution in [0.5, 0.6) is 0 Å². The molecule has 0 bridgehead atoms. The van der Waals surface area contributed by atoms with Crippen LogP contribution in [-0.4, -0.2) is 33.6 Å². The molecule has 0 N–H and O–H groups in total. The molecule has 0 unspecified atom stereocenters. The number of rotatable bonds is 0. The summed E-state index contributed by atoms with van der Waals surface area (Å²) >= 11 is 3.02. The van der Waals surface area contributed by atoms with Crippen LogP contribution in [-0.2, 0) is 17.3 Å². The SMILES string of the molecule is O=S.[C]=O.[Li][C](F)(F)F. The molecule has 0 saturated carbocycles. The monoisotopic (exact) mass is 152 g/mol. The second-order valence-corrected chi connectivity index (χ2v) is 0.781. The Labute approximate surface area is 64.5 Å². The first-order valence-corrected chi connectivity index (χ1v) is 1.77. The summed E-state index contributed by atoms with van der Waals surface area (Å²) in [4.78, 5) is 3.50. The van der Waals surface area contributed by atoms with Gasteiger partial charge >= 0.3 is 35.7 Å². The van der Waals surface area contributed by atoms with Gasteiger partial charge in [0.1, 0.15) is 0 Å². The van der Waals surface area contributed by atoms with E-state index in [9.17, 15) is 13.2 Å². The van der Waals surface area contributed by atoms with Crippen molar-refractivity contribution >= 4 is 37.0 Å². The number of carbonyl (C=O) groups excluding carboxylic acids is 1. The number of hydrogen-bond acceptors (Lipinski definition) is 3. The van der Waals surface area contributed by atoms with Gasteiger partial charge in [0.05, 0.1) is 0 Å². The van der Waals surface area contributed by atoms with Crippen molar-refractivity contribution in [2.45, 2.75) is 4.85 Å². The standard InChI is InChI=1S/CF3.CO.Li.OS/c2-1(3)4;1-2;;1-2. The van der Waals surface area contributed by atoms with Crippen LogP contribution in [0.4, 0.5) is 13.2 Å². The zero-order chi connectivity index (χ0) is 8.50. The third-order valence-corrected chi connectivity index (χ3v) is 0. The number of hydrogen-bond donors (Lipinski definition) is 0. The quantitative estimate of drug-likeness (QED) is 0.456. The molecule has 0 rings (SSSR count). The number of alkyl halides is 3. The molecule has 0 heterocycles. The summed E-state index contributed by atoms with van der Waals surface area (Å²) in [6.07, 6.45) is 0. The summed E-state index contributed by atoms with van der Waals surface area (Å²) in [7, 11) is 0.